The molecule has 3 rings (SSSR count). The monoisotopic (exact) mass is 529 g/mol. The third kappa shape index (κ3) is 14.1. The third-order valence-corrected chi connectivity index (χ3v) is 3.31. The Kier molecular flexibility index (Phi) is 14.2. The van der Waals surface area contributed by atoms with Crippen LogP contribution in [-0.4, -0.2) is 32.7 Å². The maximum Gasteiger partial charge on any atom is 1.00 e. The van der Waals surface area contributed by atoms with Crippen molar-refractivity contribution in [2.24, 2.45) is 0 Å². The van der Waals surface area contributed by atoms with Crippen LogP contribution in [0.2, 0.25) is 0 Å². The largest absolute Gasteiger partial charge is 1.00 e. The van der Waals surface area contributed by atoms with Gasteiger partial charge in [0.1, 0.15) is 5.69 Å². The van der Waals surface area contributed by atoms with E-state index in [0.29, 0.717) is 17.4 Å². The zero-order chi connectivity index (χ0) is 22.0. The van der Waals surface area contributed by atoms with E-state index >= 15 is 0 Å². The van der Waals surface area contributed by atoms with Crippen LogP contribution in [0.15, 0.2) is 48.7 Å². The van der Waals surface area contributed by atoms with Gasteiger partial charge in [-0.1, -0.05) is 49.7 Å². The first-order valence-electron chi connectivity index (χ1n) is 8.58. The topological polar surface area (TPSA) is 135 Å². The predicted octanol–water partition coefficient (Wildman–Crippen LogP) is 3.69. The zero-order valence-corrected chi connectivity index (χ0v) is 18.8. The second-order valence-electron chi connectivity index (χ2n) is 6.15. The fourth-order valence-corrected chi connectivity index (χ4v) is 1.97. The first-order chi connectivity index (χ1) is 13.5. The van der Waals surface area contributed by atoms with Gasteiger partial charge in [-0.3, -0.25) is 4.98 Å². The molecule has 0 saturated carbocycles. The Morgan fingerprint density at radius 2 is 1.32 bits per heavy atom. The summed E-state index contributed by atoms with van der Waals surface area (Å²) in [7, 11) is -6.00. The molecule has 0 spiro atoms. The van der Waals surface area contributed by atoms with Gasteiger partial charge in [0.2, 0.25) is 11.9 Å². The molecule has 0 aliphatic heterocycles. The summed E-state index contributed by atoms with van der Waals surface area (Å²) in [6, 6.07) is 14.1. The van der Waals surface area contributed by atoms with E-state index in [4.69, 9.17) is 11.5 Å². The molecule has 0 atom stereocenters. The number of hydrogen-bond donors (Lipinski definition) is 2. The number of nitrogens with zero attached hydrogens (tertiary/aromatic N) is 4. The van der Waals surface area contributed by atoms with E-state index in [0.717, 1.165) is 0 Å². The number of hydrogen-bond acceptors (Lipinski definition) is 6. The number of halogens is 4. The van der Waals surface area contributed by atoms with Crippen LogP contribution < -0.4 is 11.5 Å². The Labute approximate surface area is 190 Å². The van der Waals surface area contributed by atoms with Gasteiger partial charge in [-0.05, 0) is 30.5 Å². The van der Waals surface area contributed by atoms with Crippen molar-refractivity contribution in [2.45, 2.75) is 26.7 Å². The summed E-state index contributed by atoms with van der Waals surface area (Å²) in [4.78, 5) is 15.6. The number of nitrogen functional groups attached to an aromatic ring is 2. The van der Waals surface area contributed by atoms with E-state index in [-0.39, 0.29) is 36.9 Å². The molecular weight excluding hydrogens is 504 g/mol. The maximum atomic E-state index is 9.75. The van der Waals surface area contributed by atoms with Crippen molar-refractivity contribution in [3.05, 3.63) is 59.8 Å². The summed E-state index contributed by atoms with van der Waals surface area (Å²) in [6.45, 7) is 6.54. The Balaban J connectivity index is 0. The van der Waals surface area contributed by atoms with Crippen LogP contribution in [0.3, 0.4) is 0 Å². The van der Waals surface area contributed by atoms with E-state index in [1.807, 2.05) is 6.07 Å². The SMILES string of the molecule is Cc1ccc(C(C)C)cc1.F[B-](F)(F)F.Nc1nc(N)nc(-c2ccccn2)n1.O.[Ru+]. The molecule has 0 fully saturated rings. The van der Waals surface area contributed by atoms with Gasteiger partial charge in [0.15, 0.2) is 5.82 Å². The van der Waals surface area contributed by atoms with Crippen molar-refractivity contribution in [1.82, 2.24) is 19.9 Å². The first kappa shape index (κ1) is 30.5. The van der Waals surface area contributed by atoms with Gasteiger partial charge in [-0.15, -0.1) is 0 Å². The zero-order valence-electron chi connectivity index (χ0n) is 17.1. The van der Waals surface area contributed by atoms with Crippen LogP contribution in [-0.2, 0) is 19.5 Å². The van der Waals surface area contributed by atoms with E-state index < -0.39 is 7.25 Å². The number of aryl methyl sites for hydroxylation is 1. The van der Waals surface area contributed by atoms with Crippen LogP contribution in [0, 0.1) is 6.92 Å². The fraction of sp³-hybridized carbons (Fsp3) is 0.222. The summed E-state index contributed by atoms with van der Waals surface area (Å²) in [6.07, 6.45) is 1.64. The first-order valence-corrected chi connectivity index (χ1v) is 8.58. The van der Waals surface area contributed by atoms with Crippen molar-refractivity contribution in [1.29, 1.82) is 0 Å². The molecule has 0 amide bonds. The van der Waals surface area contributed by atoms with Crippen molar-refractivity contribution < 1.29 is 42.2 Å². The van der Waals surface area contributed by atoms with Crippen LogP contribution in [0.5, 0.6) is 0 Å². The second kappa shape index (κ2) is 14.4. The van der Waals surface area contributed by atoms with Crippen molar-refractivity contribution in [2.75, 3.05) is 11.5 Å². The van der Waals surface area contributed by atoms with Gasteiger partial charge in [0, 0.05) is 6.20 Å². The molecule has 7 nitrogen and oxygen atoms in total. The van der Waals surface area contributed by atoms with Gasteiger partial charge in [-0.2, -0.15) is 15.0 Å². The Morgan fingerprint density at radius 1 is 0.839 bits per heavy atom. The van der Waals surface area contributed by atoms with Gasteiger partial charge in [-0.25, -0.2) is 0 Å². The molecule has 2 aromatic heterocycles. The maximum absolute atomic E-state index is 9.75. The molecule has 1 aromatic carbocycles. The number of nitrogens with two attached hydrogens (primary N) is 2. The molecule has 31 heavy (non-hydrogen) atoms. The molecule has 13 heteroatoms. The molecule has 0 bridgehead atoms. The Hall–Kier alpha value is -2.65. The van der Waals surface area contributed by atoms with Crippen LogP contribution in [0.4, 0.5) is 29.2 Å². The molecule has 171 valence electrons. The minimum Gasteiger partial charge on any atom is -0.418 e. The molecule has 0 aliphatic rings. The van der Waals surface area contributed by atoms with Gasteiger partial charge < -0.3 is 34.2 Å². The molecule has 2 heterocycles. The van der Waals surface area contributed by atoms with Gasteiger partial charge in [0.25, 0.3) is 0 Å². The van der Waals surface area contributed by atoms with E-state index in [1.54, 1.807) is 18.3 Å². The van der Waals surface area contributed by atoms with Gasteiger partial charge in [0.05, 0.1) is 0 Å². The van der Waals surface area contributed by atoms with Crippen LogP contribution in [0.1, 0.15) is 30.9 Å². The average molecular weight is 528 g/mol. The van der Waals surface area contributed by atoms with E-state index in [1.165, 1.54) is 11.1 Å². The fourth-order valence-electron chi connectivity index (χ4n) is 1.97. The summed E-state index contributed by atoms with van der Waals surface area (Å²) < 4.78 is 39.0. The Morgan fingerprint density at radius 3 is 1.71 bits per heavy atom. The van der Waals surface area contributed by atoms with E-state index in [9.17, 15) is 17.3 Å². The molecular formula is C18H24BF4N6ORu. The minimum atomic E-state index is -6.00. The Bertz CT molecular complexity index is 860. The van der Waals surface area contributed by atoms with Crippen LogP contribution >= 0.6 is 0 Å². The summed E-state index contributed by atoms with van der Waals surface area (Å²) >= 11 is 0. The normalized spacial score (nSPS) is 9.81. The third-order valence-electron chi connectivity index (χ3n) is 3.31. The van der Waals surface area contributed by atoms with Crippen molar-refractivity contribution >= 4 is 19.2 Å². The standard InChI is InChI=1S/C10H14.C8H8N6.BF4.H2O.Ru/c1-8(2)10-6-4-9(3)5-7-10;9-7-12-6(13-8(10)14-7)5-3-1-2-4-11-5;2-1(3,4)5;;/h4-8H,1-3H3;1-4H,(H4,9,10,12,13,14);;1H2;/q;;-1;;+1. The smallest absolute Gasteiger partial charge is 0.418 e. The molecule has 0 saturated heterocycles. The number of aromatic nitrogens is 4. The second-order valence-corrected chi connectivity index (χ2v) is 6.15. The molecule has 0 unspecified atom stereocenters. The molecule has 1 radical (unpaired) electrons. The predicted molar refractivity (Wildman–Crippen MR) is 111 cm³/mol. The van der Waals surface area contributed by atoms with Crippen LogP contribution in [0.25, 0.3) is 11.5 Å². The van der Waals surface area contributed by atoms with Crippen molar-refractivity contribution in [3.63, 3.8) is 0 Å². The minimum absolute atomic E-state index is 0. The number of rotatable bonds is 2. The van der Waals surface area contributed by atoms with E-state index in [2.05, 4.69) is 65.0 Å². The molecule has 6 N–H and O–H groups in total. The summed E-state index contributed by atoms with van der Waals surface area (Å²) in [5.41, 5.74) is 14.2. The number of benzene rings is 1. The molecule has 3 aromatic rings. The average Bonchev–Trinajstić information content (AvgIpc) is 2.61. The summed E-state index contributed by atoms with van der Waals surface area (Å²) in [5, 5.41) is 0. The molecule has 0 aliphatic carbocycles. The van der Waals surface area contributed by atoms with Crippen molar-refractivity contribution in [3.8, 4) is 11.5 Å². The summed E-state index contributed by atoms with van der Waals surface area (Å²) in [5.74, 6) is 1.23. The quantitative estimate of drug-likeness (QED) is 0.385. The number of pyridine rings is 1. The van der Waals surface area contributed by atoms with Gasteiger partial charge >= 0.3 is 26.7 Å². The number of anilines is 2.